The van der Waals surface area contributed by atoms with E-state index >= 15 is 0 Å². The Morgan fingerprint density at radius 3 is 2.53 bits per heavy atom. The average molecular weight is 295 g/mol. The van der Waals surface area contributed by atoms with Gasteiger partial charge in [-0.15, -0.1) is 0 Å². The van der Waals surface area contributed by atoms with Gasteiger partial charge in [0.25, 0.3) is 0 Å². The minimum atomic E-state index is -1.64. The summed E-state index contributed by atoms with van der Waals surface area (Å²) in [5.41, 5.74) is 5.18. The van der Waals surface area contributed by atoms with Crippen LogP contribution >= 0.6 is 27.5 Å². The van der Waals surface area contributed by atoms with Crippen molar-refractivity contribution in [3.8, 4) is 0 Å². The van der Waals surface area contributed by atoms with Gasteiger partial charge in [0.2, 0.25) is 5.91 Å². The molecule has 0 saturated heterocycles. The van der Waals surface area contributed by atoms with Crippen LogP contribution in [0.1, 0.15) is 11.7 Å². The van der Waals surface area contributed by atoms with Crippen LogP contribution in [0.25, 0.3) is 0 Å². The van der Waals surface area contributed by atoms with Crippen LogP contribution in [0.5, 0.6) is 0 Å². The molecular formula is C9H9BrClNO3. The van der Waals surface area contributed by atoms with E-state index in [-0.39, 0.29) is 0 Å². The summed E-state index contributed by atoms with van der Waals surface area (Å²) in [6.07, 6.45) is -3.00. The van der Waals surface area contributed by atoms with Gasteiger partial charge in [-0.3, -0.25) is 4.79 Å². The summed E-state index contributed by atoms with van der Waals surface area (Å²) >= 11 is 8.96. The second-order valence-electron chi connectivity index (χ2n) is 2.97. The number of nitrogens with two attached hydrogens (primary N) is 1. The Bertz CT molecular complexity index is 386. The fourth-order valence-electron chi connectivity index (χ4n) is 1.03. The number of halogens is 2. The van der Waals surface area contributed by atoms with Crippen molar-refractivity contribution < 1.29 is 15.0 Å². The molecule has 82 valence electrons. The van der Waals surface area contributed by atoms with E-state index in [4.69, 9.17) is 17.3 Å². The first-order valence-corrected chi connectivity index (χ1v) is 5.21. The summed E-state index contributed by atoms with van der Waals surface area (Å²) in [6, 6.07) is 4.59. The van der Waals surface area contributed by atoms with Gasteiger partial charge < -0.3 is 15.9 Å². The summed E-state index contributed by atoms with van der Waals surface area (Å²) in [4.78, 5) is 10.6. The van der Waals surface area contributed by atoms with Gasteiger partial charge in [-0.1, -0.05) is 17.7 Å². The smallest absolute Gasteiger partial charge is 0.249 e. The number of primary amides is 1. The summed E-state index contributed by atoms with van der Waals surface area (Å²) in [7, 11) is 0. The molecule has 1 rings (SSSR count). The molecule has 0 aromatic heterocycles. The Hall–Kier alpha value is -0.620. The fraction of sp³-hybridized carbons (Fsp3) is 0.222. The van der Waals surface area contributed by atoms with Gasteiger partial charge in [-0.25, -0.2) is 0 Å². The Morgan fingerprint density at radius 1 is 1.47 bits per heavy atom. The van der Waals surface area contributed by atoms with E-state index in [2.05, 4.69) is 15.9 Å². The molecule has 1 aromatic rings. The number of rotatable bonds is 3. The summed E-state index contributed by atoms with van der Waals surface area (Å²) < 4.78 is 0.661. The van der Waals surface area contributed by atoms with E-state index in [0.717, 1.165) is 0 Å². The number of amides is 1. The van der Waals surface area contributed by atoms with Gasteiger partial charge in [0.1, 0.15) is 6.10 Å². The maximum absolute atomic E-state index is 10.6. The fourth-order valence-corrected chi connectivity index (χ4v) is 1.47. The molecule has 6 heteroatoms. The summed E-state index contributed by atoms with van der Waals surface area (Å²) in [5.74, 6) is -0.985. The van der Waals surface area contributed by atoms with Crippen molar-refractivity contribution in [1.29, 1.82) is 0 Å². The monoisotopic (exact) mass is 293 g/mol. The van der Waals surface area contributed by atoms with Gasteiger partial charge in [0.15, 0.2) is 6.10 Å². The lowest BCUT2D eigenvalue weighted by molar-refractivity contribution is -0.131. The van der Waals surface area contributed by atoms with Crippen molar-refractivity contribution >= 4 is 33.4 Å². The van der Waals surface area contributed by atoms with Crippen molar-refractivity contribution in [1.82, 2.24) is 0 Å². The quantitative estimate of drug-likeness (QED) is 0.777. The van der Waals surface area contributed by atoms with Crippen LogP contribution in [-0.4, -0.2) is 22.2 Å². The van der Waals surface area contributed by atoms with E-state index in [1.165, 1.54) is 12.1 Å². The van der Waals surface area contributed by atoms with Crippen molar-refractivity contribution in [3.05, 3.63) is 33.3 Å². The van der Waals surface area contributed by atoms with Gasteiger partial charge in [0.05, 0.1) is 5.02 Å². The highest BCUT2D eigenvalue weighted by Crippen LogP contribution is 2.27. The molecule has 2 unspecified atom stereocenters. The average Bonchev–Trinajstić information content (AvgIpc) is 2.19. The van der Waals surface area contributed by atoms with Gasteiger partial charge >= 0.3 is 0 Å². The van der Waals surface area contributed by atoms with Crippen LogP contribution in [0.2, 0.25) is 5.02 Å². The minimum absolute atomic E-state index is 0.328. The van der Waals surface area contributed by atoms with Crippen molar-refractivity contribution in [2.45, 2.75) is 12.2 Å². The number of hydrogen-bond acceptors (Lipinski definition) is 3. The van der Waals surface area contributed by atoms with Gasteiger partial charge in [0, 0.05) is 4.47 Å². The maximum atomic E-state index is 10.6. The third kappa shape index (κ3) is 2.92. The highest BCUT2D eigenvalue weighted by Gasteiger charge is 2.23. The van der Waals surface area contributed by atoms with Crippen molar-refractivity contribution in [3.63, 3.8) is 0 Å². The first kappa shape index (κ1) is 12.4. The minimum Gasteiger partial charge on any atom is -0.385 e. The van der Waals surface area contributed by atoms with Gasteiger partial charge in [-0.2, -0.15) is 0 Å². The molecule has 0 saturated carbocycles. The third-order valence-corrected chi connectivity index (χ3v) is 3.11. The predicted octanol–water partition coefficient (Wildman–Crippen LogP) is 0.982. The van der Waals surface area contributed by atoms with Crippen LogP contribution in [0.15, 0.2) is 22.7 Å². The second kappa shape index (κ2) is 4.94. The molecule has 0 heterocycles. The highest BCUT2D eigenvalue weighted by molar-refractivity contribution is 9.10. The summed E-state index contributed by atoms with van der Waals surface area (Å²) in [5, 5.41) is 19.2. The predicted molar refractivity (Wildman–Crippen MR) is 59.3 cm³/mol. The molecule has 4 nitrogen and oxygen atoms in total. The van der Waals surface area contributed by atoms with Crippen molar-refractivity contribution in [2.75, 3.05) is 0 Å². The van der Waals surface area contributed by atoms with Crippen molar-refractivity contribution in [2.24, 2.45) is 5.73 Å². The molecule has 0 spiro atoms. The molecule has 4 N–H and O–H groups in total. The lowest BCUT2D eigenvalue weighted by atomic mass is 10.0. The topological polar surface area (TPSA) is 83.6 Å². The Morgan fingerprint density at radius 2 is 2.07 bits per heavy atom. The SMILES string of the molecule is NC(=O)C(O)C(O)c1ccc(Br)c(Cl)c1. The number of carbonyl (C=O) groups is 1. The Kier molecular flexibility index (Phi) is 4.10. The zero-order valence-electron chi connectivity index (χ0n) is 7.52. The molecule has 0 fully saturated rings. The Labute approximate surface area is 99.8 Å². The number of aliphatic hydroxyl groups is 2. The number of aliphatic hydroxyl groups excluding tert-OH is 2. The molecule has 0 aliphatic rings. The number of benzene rings is 1. The highest BCUT2D eigenvalue weighted by atomic mass is 79.9. The first-order chi connectivity index (χ1) is 6.93. The van der Waals surface area contributed by atoms with E-state index in [1.807, 2.05) is 0 Å². The van der Waals surface area contributed by atoms with E-state index in [9.17, 15) is 15.0 Å². The van der Waals surface area contributed by atoms with Crippen LogP contribution in [0.4, 0.5) is 0 Å². The van der Waals surface area contributed by atoms with E-state index < -0.39 is 18.1 Å². The van der Waals surface area contributed by atoms with E-state index in [1.54, 1.807) is 6.07 Å². The molecule has 0 aliphatic carbocycles. The molecule has 15 heavy (non-hydrogen) atoms. The number of hydrogen-bond donors (Lipinski definition) is 3. The molecular weight excluding hydrogens is 285 g/mol. The maximum Gasteiger partial charge on any atom is 0.249 e. The Balaban J connectivity index is 2.96. The number of carbonyl (C=O) groups excluding carboxylic acids is 1. The molecule has 2 atom stereocenters. The molecule has 1 aromatic carbocycles. The standard InChI is InChI=1S/C9H9BrClNO3/c10-5-2-1-4(3-6(5)11)7(13)8(14)9(12)15/h1-3,7-8,13-14H,(H2,12,15). The molecule has 1 amide bonds. The van der Waals surface area contributed by atoms with Crippen LogP contribution in [-0.2, 0) is 4.79 Å². The largest absolute Gasteiger partial charge is 0.385 e. The first-order valence-electron chi connectivity index (χ1n) is 4.04. The molecule has 0 radical (unpaired) electrons. The third-order valence-electron chi connectivity index (χ3n) is 1.88. The zero-order chi connectivity index (χ0) is 11.6. The van der Waals surface area contributed by atoms with Gasteiger partial charge in [-0.05, 0) is 33.6 Å². The van der Waals surface area contributed by atoms with E-state index in [0.29, 0.717) is 15.1 Å². The molecule has 0 bridgehead atoms. The lowest BCUT2D eigenvalue weighted by Gasteiger charge is -2.15. The van der Waals surface area contributed by atoms with Crippen LogP contribution in [0.3, 0.4) is 0 Å². The normalized spacial score (nSPS) is 14.7. The van der Waals surface area contributed by atoms with Crippen LogP contribution < -0.4 is 5.73 Å². The lowest BCUT2D eigenvalue weighted by Crippen LogP contribution is -2.33. The zero-order valence-corrected chi connectivity index (χ0v) is 9.86. The molecule has 0 aliphatic heterocycles. The van der Waals surface area contributed by atoms with Crippen LogP contribution in [0, 0.1) is 0 Å². The summed E-state index contributed by atoms with van der Waals surface area (Å²) in [6.45, 7) is 0. The second-order valence-corrected chi connectivity index (χ2v) is 4.23.